The fraction of sp³-hybridized carbons (Fsp3) is 0.0625. The Morgan fingerprint density at radius 1 is 0.841 bits per heavy atom. The number of hydrazone groups is 1. The zero-order chi connectivity index (χ0) is 31.4. The Balaban J connectivity index is 1.39. The van der Waals surface area contributed by atoms with Crippen LogP contribution in [-0.4, -0.2) is 36.2 Å². The van der Waals surface area contributed by atoms with Crippen molar-refractivity contribution in [1.82, 2.24) is 10.4 Å². The average molecular weight is 651 g/mol. The maximum Gasteiger partial charge on any atom is 0.343 e. The highest BCUT2D eigenvalue weighted by Gasteiger charge is 2.23. The molecule has 0 spiro atoms. The summed E-state index contributed by atoms with van der Waals surface area (Å²) in [6.45, 7) is 1.26. The van der Waals surface area contributed by atoms with Crippen molar-refractivity contribution in [3.8, 4) is 28.4 Å². The maximum absolute atomic E-state index is 13.4. The lowest BCUT2D eigenvalue weighted by molar-refractivity contribution is -0.132. The van der Waals surface area contributed by atoms with Crippen LogP contribution in [0.15, 0.2) is 84.0 Å². The van der Waals surface area contributed by atoms with Crippen LogP contribution in [0.4, 0.5) is 0 Å². The van der Waals surface area contributed by atoms with Gasteiger partial charge in [0.1, 0.15) is 11.4 Å². The Morgan fingerprint density at radius 3 is 2.34 bits per heavy atom. The molecule has 0 saturated heterocycles. The molecule has 5 aromatic rings. The van der Waals surface area contributed by atoms with Crippen LogP contribution in [-0.2, 0) is 4.79 Å². The summed E-state index contributed by atoms with van der Waals surface area (Å²) < 4.78 is 15.9. The highest BCUT2D eigenvalue weighted by Crippen LogP contribution is 2.40. The van der Waals surface area contributed by atoms with Crippen molar-refractivity contribution in [3.63, 3.8) is 0 Å². The number of rotatable bonds is 8. The number of carbonyl (C=O) groups is 3. The first-order valence-electron chi connectivity index (χ1n) is 12.9. The summed E-state index contributed by atoms with van der Waals surface area (Å²) in [5.41, 5.74) is 4.85. The quantitative estimate of drug-likeness (QED) is 0.0769. The van der Waals surface area contributed by atoms with Crippen molar-refractivity contribution in [1.29, 1.82) is 0 Å². The molecular weight excluding hydrogens is 629 g/mol. The zero-order valence-electron chi connectivity index (χ0n) is 23.1. The maximum atomic E-state index is 13.4. The lowest BCUT2D eigenvalue weighted by atomic mass is 10.0. The molecule has 0 atom stereocenters. The SMILES string of the molecule is COc1cc(C(=O)Oc2ccccc2C=NNC(=O)c2[nH]c3c(Cl)cc(Cl)cc3c2-c2ccccc2Cl)ccc1OC(C)=O. The van der Waals surface area contributed by atoms with E-state index in [1.54, 1.807) is 60.7 Å². The second kappa shape index (κ2) is 13.2. The van der Waals surface area contributed by atoms with E-state index in [4.69, 9.17) is 49.0 Å². The number of methoxy groups -OCH3 is 1. The Morgan fingerprint density at radius 2 is 1.59 bits per heavy atom. The van der Waals surface area contributed by atoms with Gasteiger partial charge in [-0.1, -0.05) is 65.1 Å². The van der Waals surface area contributed by atoms with Crippen LogP contribution in [0, 0.1) is 0 Å². The monoisotopic (exact) mass is 649 g/mol. The lowest BCUT2D eigenvalue weighted by Gasteiger charge is -2.11. The smallest absolute Gasteiger partial charge is 0.343 e. The van der Waals surface area contributed by atoms with Crippen LogP contribution >= 0.6 is 34.8 Å². The Bertz CT molecular complexity index is 1950. The predicted octanol–water partition coefficient (Wildman–Crippen LogP) is 7.71. The first kappa shape index (κ1) is 30.6. The van der Waals surface area contributed by atoms with Crippen LogP contribution in [0.2, 0.25) is 15.1 Å². The number of H-pyrrole nitrogens is 1. The van der Waals surface area contributed by atoms with E-state index in [2.05, 4.69) is 15.5 Å². The van der Waals surface area contributed by atoms with Gasteiger partial charge in [0.2, 0.25) is 0 Å². The minimum Gasteiger partial charge on any atom is -0.493 e. The molecule has 0 aliphatic heterocycles. The van der Waals surface area contributed by atoms with E-state index in [9.17, 15) is 14.4 Å². The van der Waals surface area contributed by atoms with Gasteiger partial charge in [0, 0.05) is 39.0 Å². The Labute approximate surface area is 266 Å². The number of carbonyl (C=O) groups excluding carboxylic acids is 3. The second-order valence-electron chi connectivity index (χ2n) is 9.25. The van der Waals surface area contributed by atoms with Crippen LogP contribution < -0.4 is 19.6 Å². The lowest BCUT2D eigenvalue weighted by Crippen LogP contribution is -2.19. The van der Waals surface area contributed by atoms with Gasteiger partial charge in [-0.25, -0.2) is 10.2 Å². The number of aromatic amines is 1. The number of esters is 2. The molecule has 2 N–H and O–H groups in total. The number of fused-ring (bicyclic) bond motifs is 1. The van der Waals surface area contributed by atoms with Crippen LogP contribution in [0.5, 0.6) is 17.2 Å². The van der Waals surface area contributed by atoms with Crippen molar-refractivity contribution in [2.45, 2.75) is 6.92 Å². The molecule has 0 radical (unpaired) electrons. The van der Waals surface area contributed by atoms with Gasteiger partial charge in [-0.05, 0) is 48.5 Å². The number of hydrogen-bond acceptors (Lipinski definition) is 7. The van der Waals surface area contributed by atoms with Crippen LogP contribution in [0.1, 0.15) is 33.3 Å². The summed E-state index contributed by atoms with van der Waals surface area (Å²) in [6, 6.07) is 21.2. The van der Waals surface area contributed by atoms with Crippen molar-refractivity contribution in [3.05, 3.63) is 111 Å². The second-order valence-corrected chi connectivity index (χ2v) is 10.5. The summed E-state index contributed by atoms with van der Waals surface area (Å²) in [6.07, 6.45) is 1.34. The van der Waals surface area contributed by atoms with E-state index < -0.39 is 17.8 Å². The molecule has 1 heterocycles. The van der Waals surface area contributed by atoms with Crippen molar-refractivity contribution in [2.24, 2.45) is 5.10 Å². The van der Waals surface area contributed by atoms with Gasteiger partial charge in [-0.3, -0.25) is 9.59 Å². The van der Waals surface area contributed by atoms with Crippen molar-refractivity contribution >= 4 is 69.8 Å². The summed E-state index contributed by atoms with van der Waals surface area (Å²) >= 11 is 19.2. The summed E-state index contributed by atoms with van der Waals surface area (Å²) in [5, 5.41) is 5.86. The molecule has 0 bridgehead atoms. The topological polar surface area (TPSA) is 119 Å². The third-order valence-electron chi connectivity index (χ3n) is 6.34. The number of para-hydroxylation sites is 1. The van der Waals surface area contributed by atoms with Crippen LogP contribution in [0.3, 0.4) is 0 Å². The van der Waals surface area contributed by atoms with Gasteiger partial charge in [0.25, 0.3) is 5.91 Å². The first-order chi connectivity index (χ1) is 21.2. The standard InChI is InChI=1S/C32H22Cl3N3O6/c1-17(39)43-26-12-11-18(13-27(26)42-2)32(41)44-25-10-6-3-7-19(25)16-36-38-31(40)30-28(21-8-4-5-9-23(21)34)22-14-20(33)15-24(35)29(22)37-30/h3-16,37H,1-2H3,(H,38,40). The minimum absolute atomic E-state index is 0.155. The van der Waals surface area contributed by atoms with E-state index in [-0.39, 0.29) is 28.5 Å². The molecule has 0 fully saturated rings. The van der Waals surface area contributed by atoms with E-state index in [0.717, 1.165) is 0 Å². The molecule has 0 unspecified atom stereocenters. The molecule has 1 aromatic heterocycles. The van der Waals surface area contributed by atoms with Crippen molar-refractivity contribution < 1.29 is 28.6 Å². The summed E-state index contributed by atoms with van der Waals surface area (Å²) in [7, 11) is 1.38. The zero-order valence-corrected chi connectivity index (χ0v) is 25.4. The highest BCUT2D eigenvalue weighted by molar-refractivity contribution is 6.39. The van der Waals surface area contributed by atoms with E-state index in [1.807, 2.05) is 0 Å². The molecule has 0 saturated carbocycles. The van der Waals surface area contributed by atoms with Gasteiger partial charge < -0.3 is 19.2 Å². The van der Waals surface area contributed by atoms with Gasteiger partial charge in [0.05, 0.1) is 29.4 Å². The van der Waals surface area contributed by atoms with E-state index in [1.165, 1.54) is 38.4 Å². The number of hydrogen-bond donors (Lipinski definition) is 2. The largest absolute Gasteiger partial charge is 0.493 e. The highest BCUT2D eigenvalue weighted by atomic mass is 35.5. The molecule has 9 nitrogen and oxygen atoms in total. The van der Waals surface area contributed by atoms with E-state index in [0.29, 0.717) is 42.7 Å². The summed E-state index contributed by atoms with van der Waals surface area (Å²) in [5.74, 6) is -1.27. The number of benzene rings is 4. The number of amides is 1. The number of nitrogens with zero attached hydrogens (tertiary/aromatic N) is 1. The van der Waals surface area contributed by atoms with Gasteiger partial charge in [-0.2, -0.15) is 5.10 Å². The van der Waals surface area contributed by atoms with Crippen LogP contribution in [0.25, 0.3) is 22.0 Å². The minimum atomic E-state index is -0.694. The number of aromatic nitrogens is 1. The molecule has 12 heteroatoms. The van der Waals surface area contributed by atoms with Crippen molar-refractivity contribution in [2.75, 3.05) is 7.11 Å². The third kappa shape index (κ3) is 6.55. The molecule has 0 aliphatic rings. The predicted molar refractivity (Wildman–Crippen MR) is 170 cm³/mol. The molecule has 0 aliphatic carbocycles. The molecular formula is C32H22Cl3N3O6. The average Bonchev–Trinajstić information content (AvgIpc) is 3.37. The van der Waals surface area contributed by atoms with Gasteiger partial charge in [-0.15, -0.1) is 0 Å². The summed E-state index contributed by atoms with van der Waals surface area (Å²) in [4.78, 5) is 40.7. The Hall–Kier alpha value is -4.83. The normalized spacial score (nSPS) is 11.0. The first-order valence-corrected chi connectivity index (χ1v) is 14.1. The molecule has 222 valence electrons. The number of ether oxygens (including phenoxy) is 3. The fourth-order valence-corrected chi connectivity index (χ4v) is 5.19. The molecule has 1 amide bonds. The fourth-order valence-electron chi connectivity index (χ4n) is 4.42. The van der Waals surface area contributed by atoms with Gasteiger partial charge >= 0.3 is 11.9 Å². The number of nitrogens with one attached hydrogen (secondary N) is 2. The van der Waals surface area contributed by atoms with Gasteiger partial charge in [0.15, 0.2) is 11.5 Å². The third-order valence-corrected chi connectivity index (χ3v) is 7.18. The number of halogens is 3. The molecule has 4 aromatic carbocycles. The Kier molecular flexibility index (Phi) is 9.20. The molecule has 44 heavy (non-hydrogen) atoms. The van der Waals surface area contributed by atoms with E-state index >= 15 is 0 Å². The molecule has 5 rings (SSSR count).